The molecule has 174 valence electrons. The third kappa shape index (κ3) is 6.35. The largest absolute Gasteiger partial charge is 0.218 e. The molecule has 0 atom stereocenters. The van der Waals surface area contributed by atoms with Crippen LogP contribution < -0.4 is 10.9 Å². The second kappa shape index (κ2) is 12.3. The van der Waals surface area contributed by atoms with Gasteiger partial charge < -0.3 is 0 Å². The van der Waals surface area contributed by atoms with Gasteiger partial charge in [0, 0.05) is 11.1 Å². The molecule has 0 bridgehead atoms. The Bertz CT molecular complexity index is 967. The van der Waals surface area contributed by atoms with Gasteiger partial charge in [0.2, 0.25) is 9.84 Å². The number of hydrogen-bond acceptors (Lipinski definition) is 2. The van der Waals surface area contributed by atoms with E-state index in [0.29, 0.717) is 20.7 Å². The fourth-order valence-corrected chi connectivity index (χ4v) is 6.61. The van der Waals surface area contributed by atoms with Gasteiger partial charge in [0.1, 0.15) is 15.7 Å². The van der Waals surface area contributed by atoms with Crippen LogP contribution in [0.3, 0.4) is 0 Å². The van der Waals surface area contributed by atoms with Crippen LogP contribution in [0.5, 0.6) is 0 Å². The third-order valence-corrected chi connectivity index (χ3v) is 8.78. The number of unbranched alkanes of at least 4 members (excludes halogenated alkanes) is 10. The molecule has 2 aromatic carbocycles. The molecule has 0 spiro atoms. The van der Waals surface area contributed by atoms with E-state index in [1.165, 1.54) is 64.2 Å². The Morgan fingerprint density at radius 3 is 1.33 bits per heavy atom. The summed E-state index contributed by atoms with van der Waals surface area (Å²) in [6.07, 6.45) is 16.4. The number of fused-ring (bicyclic) bond motifs is 3. The highest BCUT2D eigenvalue weighted by atomic mass is 32.2. The first-order chi connectivity index (χ1) is 15.9. The molecule has 1 aliphatic rings. The van der Waals surface area contributed by atoms with Gasteiger partial charge >= 0.3 is 0 Å². The quantitative estimate of drug-likeness (QED) is 0.222. The zero-order valence-electron chi connectivity index (χ0n) is 20.6. The van der Waals surface area contributed by atoms with Crippen molar-refractivity contribution in [3.63, 3.8) is 0 Å². The van der Waals surface area contributed by atoms with Crippen LogP contribution in [0.1, 0.15) is 102 Å². The molecule has 1 aliphatic heterocycles. The molecule has 0 aromatic heterocycles. The van der Waals surface area contributed by atoms with E-state index in [4.69, 9.17) is 15.7 Å². The molecule has 1 heterocycles. The summed E-state index contributed by atoms with van der Waals surface area (Å²) in [4.78, 5) is 0.663. The van der Waals surface area contributed by atoms with Gasteiger partial charge in [-0.1, -0.05) is 112 Å². The number of sulfone groups is 1. The van der Waals surface area contributed by atoms with Crippen molar-refractivity contribution in [2.24, 2.45) is 0 Å². The smallest absolute Gasteiger partial charge is 0.207 e. The SMILES string of the molecule is [B]c1cc2c(cc1CCCCCCCC)-c1cc(CCCCCCCC)c([B])cc1S2(=O)=O. The second-order valence-corrected chi connectivity index (χ2v) is 11.5. The Hall–Kier alpha value is -1.48. The molecule has 33 heavy (non-hydrogen) atoms. The Morgan fingerprint density at radius 2 is 0.939 bits per heavy atom. The van der Waals surface area contributed by atoms with E-state index in [-0.39, 0.29) is 0 Å². The first-order valence-electron chi connectivity index (χ1n) is 13.0. The Morgan fingerprint density at radius 1 is 0.576 bits per heavy atom. The maximum Gasteiger partial charge on any atom is 0.207 e. The average molecular weight is 460 g/mol. The van der Waals surface area contributed by atoms with Gasteiger partial charge in [-0.2, -0.15) is 0 Å². The summed E-state index contributed by atoms with van der Waals surface area (Å²) >= 11 is 0. The third-order valence-electron chi connectivity index (χ3n) is 6.95. The van der Waals surface area contributed by atoms with Crippen LogP contribution in [0.25, 0.3) is 11.1 Å². The highest BCUT2D eigenvalue weighted by molar-refractivity contribution is 7.92. The minimum atomic E-state index is -3.57. The maximum atomic E-state index is 13.2. The topological polar surface area (TPSA) is 34.1 Å². The van der Waals surface area contributed by atoms with E-state index in [0.717, 1.165) is 47.9 Å². The van der Waals surface area contributed by atoms with Gasteiger partial charge in [-0.25, -0.2) is 8.42 Å². The van der Waals surface area contributed by atoms with Crippen LogP contribution in [0.4, 0.5) is 0 Å². The van der Waals surface area contributed by atoms with Crippen molar-refractivity contribution >= 4 is 36.5 Å². The van der Waals surface area contributed by atoms with Crippen molar-refractivity contribution < 1.29 is 8.42 Å². The lowest BCUT2D eigenvalue weighted by Crippen LogP contribution is -2.13. The molecule has 0 fully saturated rings. The molecule has 3 rings (SSSR count). The summed E-state index contributed by atoms with van der Waals surface area (Å²) in [5.41, 5.74) is 4.87. The van der Waals surface area contributed by atoms with E-state index < -0.39 is 9.84 Å². The standard InChI is InChI=1S/C28H38B2O2S/c1-3-5-7-9-11-13-15-21-17-23-24-18-22(16-14-12-10-8-6-4-2)26(30)20-28(24)33(31,32)27(23)19-25(21)29/h17-20H,3-16H2,1-2H3. The summed E-state index contributed by atoms with van der Waals surface area (Å²) < 4.78 is 26.4. The minimum absolute atomic E-state index is 0.331. The van der Waals surface area contributed by atoms with E-state index in [9.17, 15) is 8.42 Å². The second-order valence-electron chi connectivity index (χ2n) is 9.63. The van der Waals surface area contributed by atoms with Crippen molar-refractivity contribution in [1.82, 2.24) is 0 Å². The van der Waals surface area contributed by atoms with E-state index in [1.54, 1.807) is 12.1 Å². The van der Waals surface area contributed by atoms with Crippen LogP contribution >= 0.6 is 0 Å². The predicted octanol–water partition coefficient (Wildman–Crippen LogP) is 5.89. The molecule has 4 radical (unpaired) electrons. The zero-order chi connectivity index (χ0) is 23.8. The van der Waals surface area contributed by atoms with E-state index in [2.05, 4.69) is 13.8 Å². The van der Waals surface area contributed by atoms with Gasteiger partial charge in [-0.05, 0) is 37.8 Å². The lowest BCUT2D eigenvalue weighted by atomic mass is 9.83. The minimum Gasteiger partial charge on any atom is -0.218 e. The Labute approximate surface area is 204 Å². The predicted molar refractivity (Wildman–Crippen MR) is 142 cm³/mol. The first-order valence-corrected chi connectivity index (χ1v) is 14.5. The molecule has 0 amide bonds. The fraction of sp³-hybridized carbons (Fsp3) is 0.571. The van der Waals surface area contributed by atoms with Crippen LogP contribution in [0.2, 0.25) is 0 Å². The fourth-order valence-electron chi connectivity index (χ4n) is 4.89. The summed E-state index contributed by atoms with van der Waals surface area (Å²) in [7, 11) is 9.02. The zero-order valence-corrected chi connectivity index (χ0v) is 21.4. The summed E-state index contributed by atoms with van der Waals surface area (Å²) in [5.74, 6) is 0. The molecular weight excluding hydrogens is 422 g/mol. The molecule has 0 N–H and O–H groups in total. The van der Waals surface area contributed by atoms with Gasteiger partial charge in [0.25, 0.3) is 0 Å². The van der Waals surface area contributed by atoms with Gasteiger partial charge in [-0.15, -0.1) is 0 Å². The molecule has 2 nitrogen and oxygen atoms in total. The van der Waals surface area contributed by atoms with Crippen LogP contribution in [0, 0.1) is 0 Å². The van der Waals surface area contributed by atoms with Crippen molar-refractivity contribution in [2.45, 2.75) is 114 Å². The number of rotatable bonds is 14. The molecule has 2 aromatic rings. The first kappa shape index (κ1) is 26.1. The maximum absolute atomic E-state index is 13.2. The van der Waals surface area contributed by atoms with Crippen LogP contribution in [0.15, 0.2) is 34.1 Å². The van der Waals surface area contributed by atoms with Gasteiger partial charge in [0.05, 0.1) is 9.79 Å². The number of benzene rings is 2. The van der Waals surface area contributed by atoms with Crippen molar-refractivity contribution in [2.75, 3.05) is 0 Å². The van der Waals surface area contributed by atoms with Crippen LogP contribution in [-0.4, -0.2) is 24.1 Å². The Kier molecular flexibility index (Phi) is 9.73. The molecule has 0 unspecified atom stereocenters. The van der Waals surface area contributed by atoms with Crippen molar-refractivity contribution in [3.8, 4) is 11.1 Å². The summed E-state index contributed by atoms with van der Waals surface area (Å²) in [5, 5.41) is 0. The number of hydrogen-bond donors (Lipinski definition) is 0. The Balaban J connectivity index is 1.78. The normalized spacial score (nSPS) is 13.8. The summed E-state index contributed by atoms with van der Waals surface area (Å²) in [6.45, 7) is 4.45. The molecule has 0 saturated carbocycles. The molecule has 0 saturated heterocycles. The summed E-state index contributed by atoms with van der Waals surface area (Å²) in [6, 6.07) is 7.37. The monoisotopic (exact) mass is 460 g/mol. The highest BCUT2D eigenvalue weighted by Gasteiger charge is 2.34. The lowest BCUT2D eigenvalue weighted by molar-refractivity contribution is 0.598. The van der Waals surface area contributed by atoms with Crippen molar-refractivity contribution in [1.29, 1.82) is 0 Å². The van der Waals surface area contributed by atoms with E-state index >= 15 is 0 Å². The average Bonchev–Trinajstić information content (AvgIpc) is 2.99. The van der Waals surface area contributed by atoms with E-state index in [1.807, 2.05) is 12.1 Å². The van der Waals surface area contributed by atoms with Gasteiger partial charge in [-0.3, -0.25) is 0 Å². The van der Waals surface area contributed by atoms with Gasteiger partial charge in [0.15, 0.2) is 0 Å². The lowest BCUT2D eigenvalue weighted by Gasteiger charge is -2.11. The molecular formula is C28H38B2O2S. The number of aryl methyl sites for hydroxylation is 2. The highest BCUT2D eigenvalue weighted by Crippen LogP contribution is 2.43. The molecule has 5 heteroatoms. The van der Waals surface area contributed by atoms with Crippen molar-refractivity contribution in [3.05, 3.63) is 35.4 Å². The van der Waals surface area contributed by atoms with Crippen LogP contribution in [-0.2, 0) is 22.7 Å². The molecule has 0 aliphatic carbocycles.